The molecule has 1 aliphatic rings. The van der Waals surface area contributed by atoms with Crippen LogP contribution in [0.15, 0.2) is 12.2 Å². The molecule has 1 heterocycles. The van der Waals surface area contributed by atoms with Gasteiger partial charge >= 0.3 is 0 Å². The molecule has 0 bridgehead atoms. The van der Waals surface area contributed by atoms with E-state index in [1.807, 2.05) is 0 Å². The highest BCUT2D eigenvalue weighted by atomic mass is 32.2. The van der Waals surface area contributed by atoms with E-state index in [0.29, 0.717) is 6.04 Å². The first kappa shape index (κ1) is 15.5. The molecule has 0 amide bonds. The van der Waals surface area contributed by atoms with E-state index in [0.717, 1.165) is 29.9 Å². The second-order valence-electron chi connectivity index (χ2n) is 4.62. The molecule has 3 atom stereocenters. The molecule has 0 radical (unpaired) electrons. The molecule has 1 fully saturated rings. The second-order valence-corrected chi connectivity index (χ2v) is 7.26. The van der Waals surface area contributed by atoms with Crippen LogP contribution in [0.1, 0.15) is 40.0 Å². The summed E-state index contributed by atoms with van der Waals surface area (Å²) in [6.45, 7) is 12.0. The first-order valence-electron chi connectivity index (χ1n) is 6.86. The fourth-order valence-electron chi connectivity index (χ4n) is 2.33. The Labute approximate surface area is 116 Å². The molecule has 3 unspecified atom stereocenters. The van der Waals surface area contributed by atoms with E-state index in [4.69, 9.17) is 0 Å². The van der Waals surface area contributed by atoms with Crippen molar-refractivity contribution in [3.63, 3.8) is 0 Å². The summed E-state index contributed by atoms with van der Waals surface area (Å²) >= 11 is 4.34. The van der Waals surface area contributed by atoms with E-state index < -0.39 is 0 Å². The van der Waals surface area contributed by atoms with Crippen LogP contribution >= 0.6 is 23.5 Å². The van der Waals surface area contributed by atoms with Crippen LogP contribution in [0.25, 0.3) is 0 Å². The minimum atomic E-state index is 0.621. The van der Waals surface area contributed by atoms with Crippen LogP contribution in [0.2, 0.25) is 0 Å². The molecule has 3 heteroatoms. The predicted molar refractivity (Wildman–Crippen MR) is 84.3 cm³/mol. The fourth-order valence-corrected chi connectivity index (χ4v) is 5.60. The predicted octanol–water partition coefficient (Wildman–Crippen LogP) is 3.95. The lowest BCUT2D eigenvalue weighted by molar-refractivity contribution is 0.485. The van der Waals surface area contributed by atoms with Crippen molar-refractivity contribution in [1.82, 2.24) is 5.32 Å². The van der Waals surface area contributed by atoms with Gasteiger partial charge in [0, 0.05) is 28.0 Å². The fraction of sp³-hybridized carbons (Fsp3) is 0.857. The van der Waals surface area contributed by atoms with Crippen LogP contribution in [0.5, 0.6) is 0 Å². The maximum absolute atomic E-state index is 4.18. The van der Waals surface area contributed by atoms with Crippen molar-refractivity contribution in [3.8, 4) is 0 Å². The molecule has 100 valence electrons. The summed E-state index contributed by atoms with van der Waals surface area (Å²) < 4.78 is 0. The third kappa shape index (κ3) is 4.88. The van der Waals surface area contributed by atoms with Crippen LogP contribution in [0, 0.1) is 0 Å². The van der Waals surface area contributed by atoms with Gasteiger partial charge in [0.1, 0.15) is 0 Å². The first-order chi connectivity index (χ1) is 8.22. The van der Waals surface area contributed by atoms with Crippen molar-refractivity contribution >= 4 is 23.5 Å². The average molecular weight is 274 g/mol. The van der Waals surface area contributed by atoms with Crippen molar-refractivity contribution in [2.45, 2.75) is 56.6 Å². The van der Waals surface area contributed by atoms with Crippen LogP contribution in [-0.4, -0.2) is 34.6 Å². The van der Waals surface area contributed by atoms with Gasteiger partial charge in [-0.3, -0.25) is 0 Å². The molecule has 0 spiro atoms. The number of thioether (sulfide) groups is 2. The molecule has 0 aliphatic carbocycles. The second kappa shape index (κ2) is 8.49. The highest BCUT2D eigenvalue weighted by Crippen LogP contribution is 2.36. The van der Waals surface area contributed by atoms with Gasteiger partial charge in [0.25, 0.3) is 0 Å². The van der Waals surface area contributed by atoms with Gasteiger partial charge in [-0.15, -0.1) is 0 Å². The lowest BCUT2D eigenvalue weighted by atomic mass is 9.99. The van der Waals surface area contributed by atoms with Gasteiger partial charge in [-0.2, -0.15) is 23.5 Å². The van der Waals surface area contributed by atoms with Crippen molar-refractivity contribution in [1.29, 1.82) is 0 Å². The number of rotatable bonds is 7. The van der Waals surface area contributed by atoms with Crippen LogP contribution in [0.4, 0.5) is 0 Å². The van der Waals surface area contributed by atoms with E-state index in [-0.39, 0.29) is 0 Å². The Morgan fingerprint density at radius 3 is 2.59 bits per heavy atom. The number of hydrogen-bond acceptors (Lipinski definition) is 3. The van der Waals surface area contributed by atoms with Gasteiger partial charge in [-0.25, -0.2) is 0 Å². The molecule has 1 aliphatic heterocycles. The molecule has 0 saturated carbocycles. The van der Waals surface area contributed by atoms with Gasteiger partial charge in [-0.05, 0) is 25.8 Å². The topological polar surface area (TPSA) is 12.0 Å². The SMILES string of the molecule is C=C(CC)CC(NCC)C1SCCSC1CC. The lowest BCUT2D eigenvalue weighted by Crippen LogP contribution is -2.45. The lowest BCUT2D eigenvalue weighted by Gasteiger charge is -2.36. The van der Waals surface area contributed by atoms with Gasteiger partial charge in [-0.1, -0.05) is 32.9 Å². The molecule has 1 nitrogen and oxygen atoms in total. The quantitative estimate of drug-likeness (QED) is 0.706. The summed E-state index contributed by atoms with van der Waals surface area (Å²) in [5.41, 5.74) is 1.39. The van der Waals surface area contributed by atoms with Crippen LogP contribution in [0.3, 0.4) is 0 Å². The maximum Gasteiger partial charge on any atom is 0.0323 e. The third-order valence-corrected chi connectivity index (χ3v) is 6.77. The maximum atomic E-state index is 4.18. The van der Waals surface area contributed by atoms with Gasteiger partial charge in [0.15, 0.2) is 0 Å². The average Bonchev–Trinajstić information content (AvgIpc) is 2.38. The number of nitrogens with one attached hydrogen (secondary N) is 1. The Morgan fingerprint density at radius 1 is 1.29 bits per heavy atom. The normalized spacial score (nSPS) is 26.8. The van der Waals surface area contributed by atoms with E-state index in [1.165, 1.54) is 23.5 Å². The summed E-state index contributed by atoms with van der Waals surface area (Å²) in [6, 6.07) is 0.621. The van der Waals surface area contributed by atoms with E-state index >= 15 is 0 Å². The zero-order valence-corrected chi connectivity index (χ0v) is 13.1. The summed E-state index contributed by atoms with van der Waals surface area (Å²) in [7, 11) is 0. The van der Waals surface area contributed by atoms with Gasteiger partial charge in [0.05, 0.1) is 0 Å². The number of hydrogen-bond donors (Lipinski definition) is 1. The highest BCUT2D eigenvalue weighted by Gasteiger charge is 2.31. The molecule has 0 aromatic heterocycles. The van der Waals surface area contributed by atoms with E-state index in [2.05, 4.69) is 56.2 Å². The summed E-state index contributed by atoms with van der Waals surface area (Å²) in [6.07, 6.45) is 3.56. The Hall–Kier alpha value is 0.400. The molecular weight excluding hydrogens is 246 g/mol. The zero-order chi connectivity index (χ0) is 12.7. The summed E-state index contributed by atoms with van der Waals surface area (Å²) in [4.78, 5) is 0. The molecule has 0 aromatic rings. The minimum absolute atomic E-state index is 0.621. The molecule has 1 rings (SSSR count). The van der Waals surface area contributed by atoms with Crippen molar-refractivity contribution < 1.29 is 0 Å². The Morgan fingerprint density at radius 2 is 2.00 bits per heavy atom. The molecule has 1 N–H and O–H groups in total. The summed E-state index contributed by atoms with van der Waals surface area (Å²) in [5, 5.41) is 5.27. The third-order valence-electron chi connectivity index (χ3n) is 3.37. The van der Waals surface area contributed by atoms with Crippen LogP contribution < -0.4 is 5.32 Å². The standard InChI is InChI=1S/C14H27NS2/c1-5-11(4)10-12(15-7-3)14-13(6-2)16-8-9-17-14/h12-15H,4-10H2,1-3H3. The Bertz CT molecular complexity index is 230. The van der Waals surface area contributed by atoms with Gasteiger partial charge in [0.2, 0.25) is 0 Å². The Balaban J connectivity index is 2.62. The van der Waals surface area contributed by atoms with E-state index in [9.17, 15) is 0 Å². The summed E-state index contributed by atoms with van der Waals surface area (Å²) in [5.74, 6) is 2.64. The highest BCUT2D eigenvalue weighted by molar-refractivity contribution is 8.07. The minimum Gasteiger partial charge on any atom is -0.313 e. The van der Waals surface area contributed by atoms with Crippen LogP contribution in [-0.2, 0) is 0 Å². The zero-order valence-electron chi connectivity index (χ0n) is 11.5. The molecule has 17 heavy (non-hydrogen) atoms. The van der Waals surface area contributed by atoms with E-state index in [1.54, 1.807) is 0 Å². The monoisotopic (exact) mass is 273 g/mol. The molecular formula is C14H27NS2. The smallest absolute Gasteiger partial charge is 0.0323 e. The van der Waals surface area contributed by atoms with Crippen molar-refractivity contribution in [2.24, 2.45) is 0 Å². The first-order valence-corrected chi connectivity index (χ1v) is 8.95. The van der Waals surface area contributed by atoms with Gasteiger partial charge < -0.3 is 5.32 Å². The molecule has 1 saturated heterocycles. The van der Waals surface area contributed by atoms with Crippen molar-refractivity contribution in [3.05, 3.63) is 12.2 Å². The Kier molecular flexibility index (Phi) is 7.72. The largest absolute Gasteiger partial charge is 0.313 e. The van der Waals surface area contributed by atoms with Crippen molar-refractivity contribution in [2.75, 3.05) is 18.1 Å². The molecule has 0 aromatic carbocycles.